The fourth-order valence-electron chi connectivity index (χ4n) is 3.69. The highest BCUT2D eigenvalue weighted by atomic mass is 19.1. The Balaban J connectivity index is 1.56. The molecule has 0 aliphatic carbocycles. The topological polar surface area (TPSA) is 61.0 Å². The number of amides is 1. The quantitative estimate of drug-likeness (QED) is 0.726. The number of fused-ring (bicyclic) bond motifs is 1. The standard InChI is InChI=1S/C21H23FN4O/c1-14-16(5-4-6-18(14)22)15-7-8-19-17(13-15)20(25-24-19)21(27)23-9-12-26-10-2-3-11-26/h4-8,13H,2-3,9-12H2,1H3,(H,23,27)(H,24,25). The maximum atomic E-state index is 13.9. The Bertz CT molecular complexity index is 975. The highest BCUT2D eigenvalue weighted by Gasteiger charge is 2.17. The fraction of sp³-hybridized carbons (Fsp3) is 0.333. The summed E-state index contributed by atoms with van der Waals surface area (Å²) in [7, 11) is 0. The van der Waals surface area contributed by atoms with Crippen LogP contribution in [-0.2, 0) is 0 Å². The molecule has 1 aliphatic heterocycles. The first-order valence-corrected chi connectivity index (χ1v) is 9.37. The van der Waals surface area contributed by atoms with Crippen molar-refractivity contribution in [3.63, 3.8) is 0 Å². The first kappa shape index (κ1) is 17.7. The van der Waals surface area contributed by atoms with Gasteiger partial charge in [-0.1, -0.05) is 18.2 Å². The van der Waals surface area contributed by atoms with Crippen molar-refractivity contribution in [1.82, 2.24) is 20.4 Å². The van der Waals surface area contributed by atoms with E-state index in [4.69, 9.17) is 0 Å². The summed E-state index contributed by atoms with van der Waals surface area (Å²) < 4.78 is 13.9. The Labute approximate surface area is 157 Å². The second-order valence-electron chi connectivity index (χ2n) is 7.05. The van der Waals surface area contributed by atoms with Crippen LogP contribution in [0.4, 0.5) is 4.39 Å². The molecular formula is C21H23FN4O. The van der Waals surface area contributed by atoms with E-state index in [0.29, 0.717) is 17.8 Å². The van der Waals surface area contributed by atoms with Crippen LogP contribution in [0.15, 0.2) is 36.4 Å². The van der Waals surface area contributed by atoms with E-state index in [0.717, 1.165) is 41.7 Å². The van der Waals surface area contributed by atoms with Crippen LogP contribution < -0.4 is 5.32 Å². The maximum Gasteiger partial charge on any atom is 0.272 e. The van der Waals surface area contributed by atoms with E-state index in [1.165, 1.54) is 18.9 Å². The normalized spacial score (nSPS) is 14.7. The van der Waals surface area contributed by atoms with E-state index in [2.05, 4.69) is 20.4 Å². The van der Waals surface area contributed by atoms with Gasteiger partial charge in [-0.25, -0.2) is 4.39 Å². The van der Waals surface area contributed by atoms with E-state index in [1.807, 2.05) is 24.3 Å². The molecule has 0 radical (unpaired) electrons. The predicted molar refractivity (Wildman–Crippen MR) is 104 cm³/mol. The summed E-state index contributed by atoms with van der Waals surface area (Å²) in [6, 6.07) is 10.7. The van der Waals surface area contributed by atoms with Gasteiger partial charge in [-0.3, -0.25) is 9.89 Å². The smallest absolute Gasteiger partial charge is 0.272 e. The number of aromatic amines is 1. The molecule has 6 heteroatoms. The summed E-state index contributed by atoms with van der Waals surface area (Å²) >= 11 is 0. The first-order chi connectivity index (χ1) is 13.1. The van der Waals surface area contributed by atoms with Gasteiger partial charge in [0.25, 0.3) is 5.91 Å². The number of nitrogens with zero attached hydrogens (tertiary/aromatic N) is 2. The van der Waals surface area contributed by atoms with E-state index >= 15 is 0 Å². The van der Waals surface area contributed by atoms with Crippen molar-refractivity contribution in [2.24, 2.45) is 0 Å². The lowest BCUT2D eigenvalue weighted by atomic mass is 9.98. The predicted octanol–water partition coefficient (Wildman–Crippen LogP) is 3.50. The molecule has 1 aliphatic rings. The van der Waals surface area contributed by atoms with Gasteiger partial charge in [-0.05, 0) is 67.7 Å². The van der Waals surface area contributed by atoms with Crippen molar-refractivity contribution < 1.29 is 9.18 Å². The van der Waals surface area contributed by atoms with Gasteiger partial charge < -0.3 is 10.2 Å². The molecule has 2 N–H and O–H groups in total. The fourth-order valence-corrected chi connectivity index (χ4v) is 3.69. The number of likely N-dealkylation sites (tertiary alicyclic amines) is 1. The van der Waals surface area contributed by atoms with Crippen LogP contribution in [0.1, 0.15) is 28.9 Å². The molecule has 2 aromatic carbocycles. The number of halogens is 1. The zero-order valence-electron chi connectivity index (χ0n) is 15.4. The summed E-state index contributed by atoms with van der Waals surface area (Å²) in [5.41, 5.74) is 3.45. The monoisotopic (exact) mass is 366 g/mol. The van der Waals surface area contributed by atoms with Gasteiger partial charge in [0.15, 0.2) is 5.69 Å². The zero-order chi connectivity index (χ0) is 18.8. The Hall–Kier alpha value is -2.73. The third kappa shape index (κ3) is 3.57. The molecule has 1 amide bonds. The van der Waals surface area contributed by atoms with Crippen LogP contribution >= 0.6 is 0 Å². The van der Waals surface area contributed by atoms with Crippen molar-refractivity contribution in [3.8, 4) is 11.1 Å². The molecule has 0 bridgehead atoms. The molecular weight excluding hydrogens is 343 g/mol. The Kier molecular flexibility index (Phi) is 4.90. The van der Waals surface area contributed by atoms with Gasteiger partial charge in [-0.15, -0.1) is 0 Å². The lowest BCUT2D eigenvalue weighted by Gasteiger charge is -2.14. The molecule has 0 unspecified atom stereocenters. The number of nitrogens with one attached hydrogen (secondary N) is 2. The minimum atomic E-state index is -0.236. The van der Waals surface area contributed by atoms with Crippen molar-refractivity contribution in [3.05, 3.63) is 53.5 Å². The Morgan fingerprint density at radius 1 is 1.26 bits per heavy atom. The molecule has 5 nitrogen and oxygen atoms in total. The molecule has 1 saturated heterocycles. The first-order valence-electron chi connectivity index (χ1n) is 9.37. The maximum absolute atomic E-state index is 13.9. The van der Waals surface area contributed by atoms with E-state index < -0.39 is 0 Å². The van der Waals surface area contributed by atoms with E-state index in [9.17, 15) is 9.18 Å². The SMILES string of the molecule is Cc1c(F)cccc1-c1ccc2[nH]nc(C(=O)NCCN3CCCC3)c2c1. The van der Waals surface area contributed by atoms with Gasteiger partial charge in [-0.2, -0.15) is 5.10 Å². The summed E-state index contributed by atoms with van der Waals surface area (Å²) in [6.07, 6.45) is 2.47. The second-order valence-corrected chi connectivity index (χ2v) is 7.05. The summed E-state index contributed by atoms with van der Waals surface area (Å²) in [5, 5.41) is 10.8. The van der Waals surface area contributed by atoms with E-state index in [-0.39, 0.29) is 11.7 Å². The number of aromatic nitrogens is 2. The van der Waals surface area contributed by atoms with Crippen LogP contribution in [0, 0.1) is 12.7 Å². The molecule has 4 rings (SSSR count). The molecule has 2 heterocycles. The van der Waals surface area contributed by atoms with Gasteiger partial charge >= 0.3 is 0 Å². The van der Waals surface area contributed by atoms with Gasteiger partial charge in [0.2, 0.25) is 0 Å². The number of carbonyl (C=O) groups is 1. The highest BCUT2D eigenvalue weighted by molar-refractivity contribution is 6.05. The molecule has 0 atom stereocenters. The van der Waals surface area contributed by atoms with E-state index in [1.54, 1.807) is 13.0 Å². The van der Waals surface area contributed by atoms with Crippen LogP contribution in [0.3, 0.4) is 0 Å². The zero-order valence-corrected chi connectivity index (χ0v) is 15.4. The minimum absolute atomic E-state index is 0.187. The molecule has 0 saturated carbocycles. The molecule has 1 fully saturated rings. The number of benzene rings is 2. The lowest BCUT2D eigenvalue weighted by Crippen LogP contribution is -2.33. The van der Waals surface area contributed by atoms with Gasteiger partial charge in [0.05, 0.1) is 5.52 Å². The van der Waals surface area contributed by atoms with Crippen LogP contribution in [0.2, 0.25) is 0 Å². The molecule has 3 aromatic rings. The molecule has 27 heavy (non-hydrogen) atoms. The minimum Gasteiger partial charge on any atom is -0.349 e. The lowest BCUT2D eigenvalue weighted by molar-refractivity contribution is 0.0946. The summed E-state index contributed by atoms with van der Waals surface area (Å²) in [5.74, 6) is -0.423. The summed E-state index contributed by atoms with van der Waals surface area (Å²) in [4.78, 5) is 14.9. The molecule has 0 spiro atoms. The molecule has 1 aromatic heterocycles. The van der Waals surface area contributed by atoms with Gasteiger partial charge in [0.1, 0.15) is 5.82 Å². The number of rotatable bonds is 5. The number of hydrogen-bond donors (Lipinski definition) is 2. The highest BCUT2D eigenvalue weighted by Crippen LogP contribution is 2.28. The third-order valence-electron chi connectivity index (χ3n) is 5.27. The third-order valence-corrected chi connectivity index (χ3v) is 5.27. The molecule has 140 valence electrons. The van der Waals surface area contributed by atoms with Crippen LogP contribution in [0.25, 0.3) is 22.0 Å². The second kappa shape index (κ2) is 7.48. The number of carbonyl (C=O) groups excluding carboxylic acids is 1. The van der Waals surface area contributed by atoms with Crippen molar-refractivity contribution in [1.29, 1.82) is 0 Å². The van der Waals surface area contributed by atoms with Crippen molar-refractivity contribution >= 4 is 16.8 Å². The van der Waals surface area contributed by atoms with Crippen molar-refractivity contribution in [2.45, 2.75) is 19.8 Å². The van der Waals surface area contributed by atoms with Gasteiger partial charge in [0, 0.05) is 18.5 Å². The average molecular weight is 366 g/mol. The average Bonchev–Trinajstić information content (AvgIpc) is 3.33. The number of hydrogen-bond acceptors (Lipinski definition) is 3. The Morgan fingerprint density at radius 2 is 2.07 bits per heavy atom. The summed E-state index contributed by atoms with van der Waals surface area (Å²) in [6.45, 7) is 5.45. The number of H-pyrrole nitrogens is 1. The van der Waals surface area contributed by atoms with Crippen LogP contribution in [0.5, 0.6) is 0 Å². The Morgan fingerprint density at radius 3 is 2.89 bits per heavy atom. The van der Waals surface area contributed by atoms with Crippen LogP contribution in [-0.4, -0.2) is 47.2 Å². The van der Waals surface area contributed by atoms with Crippen molar-refractivity contribution in [2.75, 3.05) is 26.2 Å². The largest absolute Gasteiger partial charge is 0.349 e.